The Morgan fingerprint density at radius 2 is 1.93 bits per heavy atom. The van der Waals surface area contributed by atoms with Crippen LogP contribution in [0.3, 0.4) is 0 Å². The molecule has 40 heavy (non-hydrogen) atoms. The fraction of sp³-hybridized carbons (Fsp3) is 0.480. The topological polar surface area (TPSA) is 105 Å². The van der Waals surface area contributed by atoms with E-state index in [9.17, 15) is 26.0 Å². The van der Waals surface area contributed by atoms with Gasteiger partial charge in [-0.25, -0.2) is 32.2 Å². The minimum Gasteiger partial charge on any atom is -0.348 e. The number of nitrogens with zero attached hydrogens (tertiary/aromatic N) is 5. The van der Waals surface area contributed by atoms with E-state index >= 15 is 4.39 Å². The summed E-state index contributed by atoms with van der Waals surface area (Å²) < 4.78 is 97.2. The molecule has 1 fully saturated rings. The number of sulfonamides is 1. The molecule has 0 aliphatic carbocycles. The van der Waals surface area contributed by atoms with Gasteiger partial charge < -0.3 is 15.2 Å². The molecule has 3 aromatic rings. The maximum absolute atomic E-state index is 15.0. The molecule has 0 amide bonds. The Kier molecular flexibility index (Phi) is 8.47. The number of benzene rings is 1. The number of hydrogen-bond acceptors (Lipinski definition) is 7. The van der Waals surface area contributed by atoms with Gasteiger partial charge in [-0.15, -0.1) is 0 Å². The lowest BCUT2D eigenvalue weighted by molar-refractivity contribution is -0.137. The van der Waals surface area contributed by atoms with Crippen LogP contribution in [0.2, 0.25) is 0 Å². The zero-order valence-electron chi connectivity index (χ0n) is 22.3. The predicted octanol–water partition coefficient (Wildman–Crippen LogP) is 4.08. The van der Waals surface area contributed by atoms with Crippen LogP contribution in [-0.2, 0) is 22.7 Å². The van der Waals surface area contributed by atoms with Gasteiger partial charge >= 0.3 is 6.18 Å². The Morgan fingerprint density at radius 1 is 1.20 bits per heavy atom. The van der Waals surface area contributed by atoms with Crippen LogP contribution in [0.1, 0.15) is 37.2 Å². The number of alkyl halides is 4. The number of hydrogen-bond donors (Lipinski definition) is 2. The molecule has 0 spiro atoms. The summed E-state index contributed by atoms with van der Waals surface area (Å²) in [5.74, 6) is -0.630. The summed E-state index contributed by atoms with van der Waals surface area (Å²) in [6.45, 7) is 5.52. The van der Waals surface area contributed by atoms with E-state index in [0.29, 0.717) is 18.3 Å². The third-order valence-electron chi connectivity index (χ3n) is 6.49. The SMILES string of the molecule is Cc1nc(-c2nc(N[C@H]3CCN(S(C)(=O)=O)C[C@H]3F)ncc2C(F)(F)F)cn1-c1ccc(CNC(C)C)cc1F. The Balaban J connectivity index is 1.64. The van der Waals surface area contributed by atoms with E-state index in [1.165, 1.54) is 29.8 Å². The van der Waals surface area contributed by atoms with Gasteiger partial charge in [-0.2, -0.15) is 17.5 Å². The third-order valence-corrected chi connectivity index (χ3v) is 7.76. The summed E-state index contributed by atoms with van der Waals surface area (Å²) in [5.41, 5.74) is -1.10. The van der Waals surface area contributed by atoms with Crippen molar-refractivity contribution in [1.29, 1.82) is 0 Å². The van der Waals surface area contributed by atoms with Crippen LogP contribution in [0.15, 0.2) is 30.6 Å². The van der Waals surface area contributed by atoms with Gasteiger partial charge in [0.15, 0.2) is 0 Å². The molecular weight excluding hydrogens is 557 g/mol. The Morgan fingerprint density at radius 3 is 2.52 bits per heavy atom. The first kappa shape index (κ1) is 29.8. The molecule has 0 unspecified atom stereocenters. The fourth-order valence-electron chi connectivity index (χ4n) is 4.37. The Bertz CT molecular complexity index is 1480. The second-order valence-corrected chi connectivity index (χ2v) is 12.0. The lowest BCUT2D eigenvalue weighted by atomic mass is 10.1. The van der Waals surface area contributed by atoms with Crippen molar-refractivity contribution in [2.45, 2.75) is 58.2 Å². The number of anilines is 1. The molecular formula is C25H30F5N7O2S. The molecule has 0 bridgehead atoms. The molecule has 1 saturated heterocycles. The molecule has 15 heteroatoms. The molecule has 1 aliphatic rings. The van der Waals surface area contributed by atoms with E-state index in [0.717, 1.165) is 10.6 Å². The molecule has 2 aromatic heterocycles. The first-order chi connectivity index (χ1) is 18.6. The fourth-order valence-corrected chi connectivity index (χ4v) is 5.22. The van der Waals surface area contributed by atoms with Crippen molar-refractivity contribution < 1.29 is 30.4 Å². The first-order valence-electron chi connectivity index (χ1n) is 12.5. The van der Waals surface area contributed by atoms with Gasteiger partial charge in [0.2, 0.25) is 16.0 Å². The summed E-state index contributed by atoms with van der Waals surface area (Å²) in [6.07, 6.45) is -3.60. The quantitative estimate of drug-likeness (QED) is 0.383. The number of imidazole rings is 1. The highest BCUT2D eigenvalue weighted by Crippen LogP contribution is 2.36. The average molecular weight is 588 g/mol. The minimum atomic E-state index is -4.83. The molecule has 218 valence electrons. The van der Waals surface area contributed by atoms with Crippen LogP contribution >= 0.6 is 0 Å². The maximum Gasteiger partial charge on any atom is 0.420 e. The summed E-state index contributed by atoms with van der Waals surface area (Å²) in [5, 5.41) is 5.88. The summed E-state index contributed by atoms with van der Waals surface area (Å²) >= 11 is 0. The standard InChI is InChI=1S/C25H30F5N7O2S/c1-14(2)31-10-16-5-6-22(18(26)9-16)37-13-21(33-15(37)3)23-17(25(28,29)30)11-32-24(35-23)34-20-7-8-36(12-19(20)27)40(4,38)39/h5-6,9,11,13-14,19-20,31H,7-8,10,12H2,1-4H3,(H,32,34,35)/t19-,20+/m1/s1. The summed E-state index contributed by atoms with van der Waals surface area (Å²) in [6, 6.07) is 3.86. The maximum atomic E-state index is 15.0. The molecule has 3 heterocycles. The van der Waals surface area contributed by atoms with Gasteiger partial charge in [0, 0.05) is 38.1 Å². The van der Waals surface area contributed by atoms with Gasteiger partial charge in [0.05, 0.1) is 18.0 Å². The van der Waals surface area contributed by atoms with Gasteiger partial charge in [0.25, 0.3) is 0 Å². The summed E-state index contributed by atoms with van der Waals surface area (Å²) in [4.78, 5) is 12.0. The molecule has 9 nitrogen and oxygen atoms in total. The molecule has 2 N–H and O–H groups in total. The van der Waals surface area contributed by atoms with Crippen molar-refractivity contribution in [3.8, 4) is 17.1 Å². The zero-order valence-corrected chi connectivity index (χ0v) is 23.1. The van der Waals surface area contributed by atoms with Crippen molar-refractivity contribution in [3.05, 3.63) is 53.4 Å². The van der Waals surface area contributed by atoms with Crippen molar-refractivity contribution in [3.63, 3.8) is 0 Å². The largest absolute Gasteiger partial charge is 0.420 e. The van der Waals surface area contributed by atoms with Crippen LogP contribution in [0.25, 0.3) is 17.1 Å². The lowest BCUT2D eigenvalue weighted by Gasteiger charge is -2.33. The molecule has 2 atom stereocenters. The molecule has 4 rings (SSSR count). The van der Waals surface area contributed by atoms with Crippen LogP contribution in [0.5, 0.6) is 0 Å². The highest BCUT2D eigenvalue weighted by molar-refractivity contribution is 7.88. The molecule has 1 aromatic carbocycles. The average Bonchev–Trinajstić information content (AvgIpc) is 3.24. The number of piperidine rings is 1. The van der Waals surface area contributed by atoms with E-state index in [4.69, 9.17) is 0 Å². The number of halogens is 5. The predicted molar refractivity (Wildman–Crippen MR) is 140 cm³/mol. The second kappa shape index (κ2) is 11.4. The minimum absolute atomic E-state index is 0.0336. The van der Waals surface area contributed by atoms with Crippen LogP contribution in [0.4, 0.5) is 27.9 Å². The second-order valence-electron chi connectivity index (χ2n) is 9.99. The number of rotatable bonds is 8. The monoisotopic (exact) mass is 587 g/mol. The van der Waals surface area contributed by atoms with E-state index in [-0.39, 0.29) is 42.2 Å². The van der Waals surface area contributed by atoms with E-state index in [1.54, 1.807) is 6.07 Å². The van der Waals surface area contributed by atoms with Crippen molar-refractivity contribution in [2.24, 2.45) is 0 Å². The molecule has 0 saturated carbocycles. The van der Waals surface area contributed by atoms with Gasteiger partial charge in [-0.1, -0.05) is 19.9 Å². The summed E-state index contributed by atoms with van der Waals surface area (Å²) in [7, 11) is -3.59. The Hall–Kier alpha value is -3.17. The van der Waals surface area contributed by atoms with E-state index < -0.39 is 52.0 Å². The van der Waals surface area contributed by atoms with Gasteiger partial charge in [-0.05, 0) is 31.0 Å². The normalized spacial score (nSPS) is 18.9. The highest BCUT2D eigenvalue weighted by atomic mass is 32.2. The van der Waals surface area contributed by atoms with Gasteiger partial charge in [-0.3, -0.25) is 0 Å². The molecule has 0 radical (unpaired) electrons. The van der Waals surface area contributed by atoms with Gasteiger partial charge in [0.1, 0.15) is 34.8 Å². The third kappa shape index (κ3) is 6.75. The van der Waals surface area contributed by atoms with E-state index in [2.05, 4.69) is 25.6 Å². The number of aromatic nitrogens is 4. The zero-order chi connectivity index (χ0) is 29.4. The number of nitrogens with one attached hydrogen (secondary N) is 2. The number of aryl methyl sites for hydroxylation is 1. The van der Waals surface area contributed by atoms with Crippen LogP contribution in [0, 0.1) is 12.7 Å². The van der Waals surface area contributed by atoms with Crippen molar-refractivity contribution in [2.75, 3.05) is 24.7 Å². The first-order valence-corrected chi connectivity index (χ1v) is 14.4. The van der Waals surface area contributed by atoms with E-state index in [1.807, 2.05) is 13.8 Å². The lowest BCUT2D eigenvalue weighted by Crippen LogP contribution is -2.49. The van der Waals surface area contributed by atoms with Crippen molar-refractivity contribution >= 4 is 16.0 Å². The van der Waals surface area contributed by atoms with Crippen LogP contribution in [-0.4, -0.2) is 69.8 Å². The smallest absolute Gasteiger partial charge is 0.348 e. The van der Waals surface area contributed by atoms with Crippen LogP contribution < -0.4 is 10.6 Å². The highest BCUT2D eigenvalue weighted by Gasteiger charge is 2.37. The van der Waals surface area contributed by atoms with Crippen molar-refractivity contribution in [1.82, 2.24) is 29.1 Å². The Labute approximate surface area is 228 Å². The molecule has 1 aliphatic heterocycles.